The second-order valence-corrected chi connectivity index (χ2v) is 12.7. The lowest BCUT2D eigenvalue weighted by Crippen LogP contribution is -2.59. The number of hydrogen-bond acceptors (Lipinski definition) is 7. The molecule has 12 heteroatoms. The normalized spacial score (nSPS) is 16.5. The van der Waals surface area contributed by atoms with Crippen molar-refractivity contribution in [3.05, 3.63) is 78.4 Å². The van der Waals surface area contributed by atoms with Crippen LogP contribution in [0, 0.1) is 0 Å². The number of hydrogen-bond donors (Lipinski definition) is 5. The van der Waals surface area contributed by atoms with Crippen molar-refractivity contribution in [3.63, 3.8) is 0 Å². The Morgan fingerprint density at radius 1 is 0.957 bits per heavy atom. The van der Waals surface area contributed by atoms with Crippen molar-refractivity contribution >= 4 is 40.3 Å². The number of carbonyl (C=O) groups is 5. The fourth-order valence-electron chi connectivity index (χ4n) is 5.60. The summed E-state index contributed by atoms with van der Waals surface area (Å²) < 4.78 is 5.73. The van der Waals surface area contributed by atoms with Gasteiger partial charge in [0.25, 0.3) is 11.8 Å². The first-order chi connectivity index (χ1) is 22.3. The number of rotatable bonds is 13. The third-order valence-corrected chi connectivity index (χ3v) is 7.76. The molecule has 0 spiro atoms. The summed E-state index contributed by atoms with van der Waals surface area (Å²) in [6, 6.07) is 18.5. The Morgan fingerprint density at radius 2 is 1.64 bits per heavy atom. The molecule has 0 bridgehead atoms. The minimum atomic E-state index is -1.73. The standard InChI is InChI=1S/C35H43N5O7/c1-35(2,3)39-33(45)27-16-10-18-40(27)34(46)31(43)25(19-22-11-5-4-6-12-22)38-32(44)26(20-29(36)41)37-30(42)21-47-28-17-9-14-23-13-7-8-15-24(23)28/h4-9,11-15,17,25-27,31,43H,10,16,18-21H2,1-3H3,(H2,36,41)(H,37,42)(H,38,44)(H,39,45)/t25-,26-,27-,31-/m0/s1. The van der Waals surface area contributed by atoms with E-state index in [-0.39, 0.29) is 18.9 Å². The van der Waals surface area contributed by atoms with E-state index in [1.165, 1.54) is 4.90 Å². The quantitative estimate of drug-likeness (QED) is 0.187. The summed E-state index contributed by atoms with van der Waals surface area (Å²) in [5.74, 6) is -2.92. The highest BCUT2D eigenvalue weighted by atomic mass is 16.5. The number of ether oxygens (including phenoxy) is 1. The number of nitrogens with two attached hydrogens (primary N) is 1. The molecule has 1 heterocycles. The molecule has 0 saturated carbocycles. The van der Waals surface area contributed by atoms with Crippen LogP contribution in [0.2, 0.25) is 0 Å². The molecule has 4 atom stereocenters. The third-order valence-electron chi connectivity index (χ3n) is 7.76. The average Bonchev–Trinajstić information content (AvgIpc) is 3.52. The van der Waals surface area contributed by atoms with Crippen LogP contribution in [0.5, 0.6) is 5.75 Å². The van der Waals surface area contributed by atoms with Gasteiger partial charge in [-0.25, -0.2) is 0 Å². The van der Waals surface area contributed by atoms with E-state index in [0.717, 1.165) is 10.8 Å². The first kappa shape index (κ1) is 34.9. The summed E-state index contributed by atoms with van der Waals surface area (Å²) in [5, 5.41) is 21.2. The van der Waals surface area contributed by atoms with Gasteiger partial charge in [0.1, 0.15) is 17.8 Å². The van der Waals surface area contributed by atoms with E-state index in [4.69, 9.17) is 10.5 Å². The summed E-state index contributed by atoms with van der Waals surface area (Å²) in [6.45, 7) is 5.33. The van der Waals surface area contributed by atoms with Gasteiger partial charge in [-0.1, -0.05) is 66.7 Å². The molecule has 12 nitrogen and oxygen atoms in total. The Balaban J connectivity index is 1.48. The van der Waals surface area contributed by atoms with E-state index in [2.05, 4.69) is 16.0 Å². The van der Waals surface area contributed by atoms with Crippen molar-refractivity contribution in [3.8, 4) is 5.75 Å². The number of carbonyl (C=O) groups excluding carboxylic acids is 5. The monoisotopic (exact) mass is 645 g/mol. The number of nitrogens with zero attached hydrogens (tertiary/aromatic N) is 1. The molecule has 1 fully saturated rings. The summed E-state index contributed by atoms with van der Waals surface area (Å²) >= 11 is 0. The third kappa shape index (κ3) is 9.76. The Kier molecular flexibility index (Phi) is 11.5. The van der Waals surface area contributed by atoms with Crippen LogP contribution in [0.15, 0.2) is 72.8 Å². The molecule has 3 aromatic carbocycles. The molecule has 5 amide bonds. The van der Waals surface area contributed by atoms with Gasteiger partial charge in [0, 0.05) is 17.5 Å². The molecular formula is C35H43N5O7. The van der Waals surface area contributed by atoms with Gasteiger partial charge in [-0.15, -0.1) is 0 Å². The fraction of sp³-hybridized carbons (Fsp3) is 0.400. The van der Waals surface area contributed by atoms with Gasteiger partial charge in [-0.3, -0.25) is 24.0 Å². The highest BCUT2D eigenvalue weighted by Gasteiger charge is 2.40. The van der Waals surface area contributed by atoms with Crippen LogP contribution in [0.4, 0.5) is 0 Å². The predicted molar refractivity (Wildman–Crippen MR) is 176 cm³/mol. The highest BCUT2D eigenvalue weighted by Crippen LogP contribution is 2.25. The van der Waals surface area contributed by atoms with Crippen LogP contribution in [-0.2, 0) is 30.4 Å². The lowest BCUT2D eigenvalue weighted by atomic mass is 9.99. The molecule has 1 aliphatic rings. The largest absolute Gasteiger partial charge is 0.483 e. The Hall–Kier alpha value is -4.97. The maximum absolute atomic E-state index is 13.7. The molecule has 250 valence electrons. The molecule has 3 aromatic rings. The number of benzene rings is 3. The highest BCUT2D eigenvalue weighted by molar-refractivity contribution is 5.94. The summed E-state index contributed by atoms with van der Waals surface area (Å²) in [6.07, 6.45) is -1.21. The molecule has 6 N–H and O–H groups in total. The van der Waals surface area contributed by atoms with E-state index in [9.17, 15) is 29.1 Å². The topological polar surface area (TPSA) is 180 Å². The zero-order valence-corrected chi connectivity index (χ0v) is 26.9. The lowest BCUT2D eigenvalue weighted by Gasteiger charge is -2.32. The Labute approximate surface area is 274 Å². The van der Waals surface area contributed by atoms with Gasteiger partial charge in [0.05, 0.1) is 12.5 Å². The van der Waals surface area contributed by atoms with E-state index < -0.39 is 66.4 Å². The molecule has 47 heavy (non-hydrogen) atoms. The van der Waals surface area contributed by atoms with Gasteiger partial charge in [-0.2, -0.15) is 0 Å². The molecule has 0 aliphatic carbocycles. The molecule has 0 radical (unpaired) electrons. The first-order valence-electron chi connectivity index (χ1n) is 15.7. The van der Waals surface area contributed by atoms with Crippen molar-refractivity contribution in [2.24, 2.45) is 5.73 Å². The molecule has 0 unspecified atom stereocenters. The summed E-state index contributed by atoms with van der Waals surface area (Å²) in [7, 11) is 0. The lowest BCUT2D eigenvalue weighted by molar-refractivity contribution is -0.147. The number of amides is 5. The minimum absolute atomic E-state index is 0.0492. The van der Waals surface area contributed by atoms with E-state index in [1.54, 1.807) is 42.5 Å². The van der Waals surface area contributed by atoms with Gasteiger partial charge in [-0.05, 0) is 57.0 Å². The average molecular weight is 646 g/mol. The number of likely N-dealkylation sites (tertiary alicyclic amines) is 1. The SMILES string of the molecule is CC(C)(C)NC(=O)[C@@H]1CCCN1C(=O)[C@@H](O)[C@H](Cc1ccccc1)NC(=O)[C@H](CC(N)=O)NC(=O)COc1cccc2ccccc12. The van der Waals surface area contributed by atoms with E-state index in [1.807, 2.05) is 51.1 Å². The number of fused-ring (bicyclic) bond motifs is 1. The molecular weight excluding hydrogens is 602 g/mol. The van der Waals surface area contributed by atoms with Crippen molar-refractivity contribution in [1.29, 1.82) is 0 Å². The van der Waals surface area contributed by atoms with Crippen LogP contribution in [-0.4, -0.2) is 82.5 Å². The van der Waals surface area contributed by atoms with Gasteiger partial charge < -0.3 is 36.4 Å². The molecule has 1 aliphatic heterocycles. The maximum atomic E-state index is 13.7. The molecule has 4 rings (SSSR count). The van der Waals surface area contributed by atoms with E-state index >= 15 is 0 Å². The van der Waals surface area contributed by atoms with Gasteiger partial charge in [0.15, 0.2) is 12.7 Å². The fourth-order valence-corrected chi connectivity index (χ4v) is 5.60. The summed E-state index contributed by atoms with van der Waals surface area (Å²) in [5.41, 5.74) is 5.61. The van der Waals surface area contributed by atoms with E-state index in [0.29, 0.717) is 24.2 Å². The number of aliphatic hydroxyl groups excluding tert-OH is 1. The van der Waals surface area contributed by atoms with Crippen LogP contribution in [0.3, 0.4) is 0 Å². The predicted octanol–water partition coefficient (Wildman–Crippen LogP) is 1.57. The minimum Gasteiger partial charge on any atom is -0.483 e. The van der Waals surface area contributed by atoms with Crippen LogP contribution in [0.1, 0.15) is 45.6 Å². The van der Waals surface area contributed by atoms with Crippen LogP contribution >= 0.6 is 0 Å². The van der Waals surface area contributed by atoms with Crippen LogP contribution < -0.4 is 26.4 Å². The van der Waals surface area contributed by atoms with Crippen molar-refractivity contribution in [2.45, 2.75) is 76.2 Å². The zero-order valence-electron chi connectivity index (χ0n) is 26.9. The number of primary amides is 1. The zero-order chi connectivity index (χ0) is 34.1. The van der Waals surface area contributed by atoms with Crippen LogP contribution in [0.25, 0.3) is 10.8 Å². The Morgan fingerprint density at radius 3 is 2.34 bits per heavy atom. The Bertz CT molecular complexity index is 1580. The second-order valence-electron chi connectivity index (χ2n) is 12.7. The summed E-state index contributed by atoms with van der Waals surface area (Å²) in [4.78, 5) is 66.4. The van der Waals surface area contributed by atoms with Crippen molar-refractivity contribution in [1.82, 2.24) is 20.9 Å². The second kappa shape index (κ2) is 15.5. The van der Waals surface area contributed by atoms with Gasteiger partial charge in [0.2, 0.25) is 17.7 Å². The first-order valence-corrected chi connectivity index (χ1v) is 15.7. The molecule has 0 aromatic heterocycles. The van der Waals surface area contributed by atoms with Gasteiger partial charge >= 0.3 is 0 Å². The number of nitrogens with one attached hydrogen (secondary N) is 3. The van der Waals surface area contributed by atoms with Crippen molar-refractivity contribution < 1.29 is 33.8 Å². The number of aliphatic hydroxyl groups is 1. The van der Waals surface area contributed by atoms with Crippen molar-refractivity contribution in [2.75, 3.05) is 13.2 Å². The maximum Gasteiger partial charge on any atom is 0.258 e. The smallest absolute Gasteiger partial charge is 0.258 e. The molecule has 1 saturated heterocycles.